The number of nitrogens with zero attached hydrogens (tertiary/aromatic N) is 4. The molecule has 2 amide bonds. The Labute approximate surface area is 206 Å². The molecule has 2 aromatic rings. The summed E-state index contributed by atoms with van der Waals surface area (Å²) in [6.07, 6.45) is 4.74. The Morgan fingerprint density at radius 3 is 2.63 bits per heavy atom. The van der Waals surface area contributed by atoms with Gasteiger partial charge in [-0.1, -0.05) is 19.1 Å². The molecule has 0 spiro atoms. The molecule has 1 aliphatic carbocycles. The molecule has 1 saturated heterocycles. The van der Waals surface area contributed by atoms with E-state index in [2.05, 4.69) is 27.4 Å². The van der Waals surface area contributed by atoms with Crippen LogP contribution in [0.15, 0.2) is 41.3 Å². The van der Waals surface area contributed by atoms with Crippen LogP contribution in [0.25, 0.3) is 5.69 Å². The summed E-state index contributed by atoms with van der Waals surface area (Å²) >= 11 is 0. The van der Waals surface area contributed by atoms with Gasteiger partial charge < -0.3 is 20.7 Å². The van der Waals surface area contributed by atoms with Crippen molar-refractivity contribution in [1.82, 2.24) is 24.7 Å². The fraction of sp³-hybridized carbons (Fsp3) is 0.560. The highest BCUT2D eigenvalue weighted by molar-refractivity contribution is 5.88. The molecule has 1 aromatic heterocycles. The molecule has 4 N–H and O–H groups in total. The molecule has 1 aromatic carbocycles. The third kappa shape index (κ3) is 6.26. The first kappa shape index (κ1) is 25.3. The van der Waals surface area contributed by atoms with E-state index in [4.69, 9.17) is 10.5 Å². The topological polar surface area (TPSA) is 118 Å². The average Bonchev–Trinajstić information content (AvgIpc) is 2.89. The summed E-state index contributed by atoms with van der Waals surface area (Å²) in [5, 5.41) is 5.93. The zero-order valence-electron chi connectivity index (χ0n) is 20.7. The molecule has 3 atom stereocenters. The SMILES string of the molecule is CCN(Cc1ccc(-n2ccc(NC(=O)N3CCNCC3)nc2=O)cc1)[C@H]1CC[C@H](N)[C@@H](OC)C1. The summed E-state index contributed by atoms with van der Waals surface area (Å²) in [7, 11) is 1.74. The molecule has 35 heavy (non-hydrogen) atoms. The number of anilines is 1. The number of nitrogens with one attached hydrogen (secondary N) is 2. The van der Waals surface area contributed by atoms with E-state index >= 15 is 0 Å². The summed E-state index contributed by atoms with van der Waals surface area (Å²) in [6.45, 7) is 6.74. The number of urea groups is 1. The molecule has 10 nitrogen and oxygen atoms in total. The zero-order chi connectivity index (χ0) is 24.8. The number of aromatic nitrogens is 2. The third-order valence-electron chi connectivity index (χ3n) is 7.08. The summed E-state index contributed by atoms with van der Waals surface area (Å²) in [5.74, 6) is 0.256. The number of carbonyl (C=O) groups is 1. The van der Waals surface area contributed by atoms with E-state index in [1.807, 2.05) is 24.3 Å². The van der Waals surface area contributed by atoms with Crippen molar-refractivity contribution in [1.29, 1.82) is 0 Å². The van der Waals surface area contributed by atoms with Gasteiger partial charge in [0.1, 0.15) is 5.82 Å². The monoisotopic (exact) mass is 483 g/mol. The van der Waals surface area contributed by atoms with E-state index in [1.165, 1.54) is 10.1 Å². The fourth-order valence-corrected chi connectivity index (χ4v) is 4.96. The Balaban J connectivity index is 1.39. The van der Waals surface area contributed by atoms with Crippen molar-refractivity contribution in [2.45, 2.75) is 50.9 Å². The number of hydrogen-bond donors (Lipinski definition) is 3. The van der Waals surface area contributed by atoms with Gasteiger partial charge in [0.15, 0.2) is 0 Å². The molecule has 10 heteroatoms. The molecule has 2 aliphatic rings. The number of hydrogen-bond acceptors (Lipinski definition) is 7. The van der Waals surface area contributed by atoms with E-state index < -0.39 is 5.69 Å². The summed E-state index contributed by atoms with van der Waals surface area (Å²) in [6, 6.07) is 9.93. The Morgan fingerprint density at radius 1 is 1.23 bits per heavy atom. The first-order valence-corrected chi connectivity index (χ1v) is 12.5. The molecule has 2 heterocycles. The van der Waals surface area contributed by atoms with Crippen molar-refractivity contribution in [3.05, 3.63) is 52.6 Å². The van der Waals surface area contributed by atoms with E-state index in [0.29, 0.717) is 19.1 Å². The van der Waals surface area contributed by atoms with Crippen LogP contribution in [0.1, 0.15) is 31.7 Å². The van der Waals surface area contributed by atoms with Crippen molar-refractivity contribution < 1.29 is 9.53 Å². The molecular weight excluding hydrogens is 446 g/mol. The van der Waals surface area contributed by atoms with Crippen molar-refractivity contribution in [2.75, 3.05) is 45.2 Å². The first-order chi connectivity index (χ1) is 17.0. The number of nitrogens with two attached hydrogens (primary N) is 1. The number of ether oxygens (including phenoxy) is 1. The van der Waals surface area contributed by atoms with Crippen LogP contribution in [-0.2, 0) is 11.3 Å². The van der Waals surface area contributed by atoms with Crippen molar-refractivity contribution in [3.8, 4) is 5.69 Å². The molecule has 1 saturated carbocycles. The largest absolute Gasteiger partial charge is 0.380 e. The lowest BCUT2D eigenvalue weighted by atomic mass is 9.88. The maximum Gasteiger partial charge on any atom is 0.354 e. The van der Waals surface area contributed by atoms with Crippen LogP contribution in [0.5, 0.6) is 0 Å². The van der Waals surface area contributed by atoms with Gasteiger partial charge in [-0.15, -0.1) is 0 Å². The van der Waals surface area contributed by atoms with Gasteiger partial charge in [-0.3, -0.25) is 14.8 Å². The van der Waals surface area contributed by atoms with Crippen molar-refractivity contribution >= 4 is 11.8 Å². The van der Waals surface area contributed by atoms with Gasteiger partial charge in [0.25, 0.3) is 0 Å². The molecule has 190 valence electrons. The van der Waals surface area contributed by atoms with Crippen LogP contribution in [-0.4, -0.2) is 83.4 Å². The second-order valence-electron chi connectivity index (χ2n) is 9.27. The van der Waals surface area contributed by atoms with E-state index in [0.717, 1.165) is 51.1 Å². The Morgan fingerprint density at radius 2 is 1.97 bits per heavy atom. The number of benzene rings is 1. The van der Waals surface area contributed by atoms with Gasteiger partial charge >= 0.3 is 11.7 Å². The van der Waals surface area contributed by atoms with E-state index in [1.54, 1.807) is 24.3 Å². The molecule has 1 aliphatic heterocycles. The summed E-state index contributed by atoms with van der Waals surface area (Å²) < 4.78 is 7.08. The van der Waals surface area contributed by atoms with Crippen LogP contribution >= 0.6 is 0 Å². The van der Waals surface area contributed by atoms with Crippen molar-refractivity contribution in [3.63, 3.8) is 0 Å². The molecule has 0 unspecified atom stereocenters. The van der Waals surface area contributed by atoms with Crippen LogP contribution in [0.4, 0.5) is 10.6 Å². The maximum absolute atomic E-state index is 12.6. The second-order valence-corrected chi connectivity index (χ2v) is 9.27. The highest BCUT2D eigenvalue weighted by Crippen LogP contribution is 2.25. The van der Waals surface area contributed by atoms with Gasteiger partial charge in [0, 0.05) is 58.1 Å². The van der Waals surface area contributed by atoms with E-state index in [9.17, 15) is 9.59 Å². The first-order valence-electron chi connectivity index (χ1n) is 12.5. The maximum atomic E-state index is 12.6. The normalized spacial score (nSPS) is 22.9. The Hall–Kier alpha value is -2.79. The molecule has 4 rings (SSSR count). The van der Waals surface area contributed by atoms with Gasteiger partial charge in [-0.05, 0) is 49.6 Å². The summed E-state index contributed by atoms with van der Waals surface area (Å²) in [5.41, 5.74) is 7.68. The standard InChI is InChI=1S/C25H37N7O3/c1-3-30(20-8-9-21(26)22(16-20)35-2)17-18-4-6-19(7-5-18)32-13-10-23(29-25(32)34)28-24(33)31-14-11-27-12-15-31/h4-7,10,13,20-22,27H,3,8-9,11-12,14-17,26H2,1-2H3,(H,28,29,33,34)/t20-,21-,22-/m0/s1. The van der Waals surface area contributed by atoms with Crippen LogP contribution < -0.4 is 22.1 Å². The molecule has 0 radical (unpaired) electrons. The summed E-state index contributed by atoms with van der Waals surface area (Å²) in [4.78, 5) is 33.2. The van der Waals surface area contributed by atoms with Crippen molar-refractivity contribution in [2.24, 2.45) is 5.73 Å². The van der Waals surface area contributed by atoms with Gasteiger partial charge in [-0.25, -0.2) is 9.59 Å². The quantitative estimate of drug-likeness (QED) is 0.545. The van der Waals surface area contributed by atoms with E-state index in [-0.39, 0.29) is 24.0 Å². The minimum atomic E-state index is -0.435. The van der Waals surface area contributed by atoms with Crippen LogP contribution in [0.3, 0.4) is 0 Å². The minimum Gasteiger partial charge on any atom is -0.380 e. The molecular formula is C25H37N7O3. The number of amides is 2. The van der Waals surface area contributed by atoms with Crippen LogP contribution in [0, 0.1) is 0 Å². The average molecular weight is 484 g/mol. The molecule has 0 bridgehead atoms. The second kappa shape index (κ2) is 11.8. The lowest BCUT2D eigenvalue weighted by Crippen LogP contribution is -2.48. The van der Waals surface area contributed by atoms with Crippen LogP contribution in [0.2, 0.25) is 0 Å². The predicted octanol–water partition coefficient (Wildman–Crippen LogP) is 1.39. The molecule has 2 fully saturated rings. The Bertz CT molecular complexity index is 1040. The number of piperazine rings is 1. The fourth-order valence-electron chi connectivity index (χ4n) is 4.96. The number of methoxy groups -OCH3 is 1. The zero-order valence-corrected chi connectivity index (χ0v) is 20.7. The minimum absolute atomic E-state index is 0.106. The highest BCUT2D eigenvalue weighted by atomic mass is 16.5. The van der Waals surface area contributed by atoms with Gasteiger partial charge in [-0.2, -0.15) is 4.98 Å². The lowest BCUT2D eigenvalue weighted by molar-refractivity contribution is 0.0136. The number of carbonyl (C=O) groups excluding carboxylic acids is 1. The smallest absolute Gasteiger partial charge is 0.354 e. The van der Waals surface area contributed by atoms with Gasteiger partial charge in [0.2, 0.25) is 0 Å². The predicted molar refractivity (Wildman–Crippen MR) is 136 cm³/mol. The Kier molecular flexibility index (Phi) is 8.50. The van der Waals surface area contributed by atoms with Gasteiger partial charge in [0.05, 0.1) is 11.8 Å². The number of rotatable bonds is 7. The lowest BCUT2D eigenvalue weighted by Gasteiger charge is -2.39. The third-order valence-corrected chi connectivity index (χ3v) is 7.08. The highest BCUT2D eigenvalue weighted by Gasteiger charge is 2.31.